The second-order valence-electron chi connectivity index (χ2n) is 1.34. The van der Waals surface area contributed by atoms with Crippen LogP contribution in [-0.4, -0.2) is 22.5 Å². The molecule has 0 bridgehead atoms. The molecule has 0 radical (unpaired) electrons. The first-order chi connectivity index (χ1) is 3.39. The largest absolute Gasteiger partial charge is 0.458 e. The zero-order valence-corrected chi connectivity index (χ0v) is 4.22. The molecule has 0 spiro atoms. The van der Waals surface area contributed by atoms with Gasteiger partial charge in [0.1, 0.15) is 0 Å². The Morgan fingerprint density at radius 2 is 1.86 bits per heavy atom. The summed E-state index contributed by atoms with van der Waals surface area (Å²) in [5.74, 6) is 0. The van der Waals surface area contributed by atoms with Gasteiger partial charge < -0.3 is 13.7 Å². The predicted molar refractivity (Wildman–Crippen MR) is 29.2 cm³/mol. The lowest BCUT2D eigenvalue weighted by atomic mass is 9.89. The van der Waals surface area contributed by atoms with E-state index in [1.807, 2.05) is 6.82 Å². The third-order valence-electron chi connectivity index (χ3n) is 0.772. The van der Waals surface area contributed by atoms with Crippen molar-refractivity contribution in [3.63, 3.8) is 0 Å². The van der Waals surface area contributed by atoms with Crippen molar-refractivity contribution < 1.29 is 13.7 Å². The van der Waals surface area contributed by atoms with E-state index in [0.29, 0.717) is 15.4 Å². The Morgan fingerprint density at radius 3 is 2.14 bits per heavy atom. The van der Waals surface area contributed by atoms with Gasteiger partial charge in [0.15, 0.2) is 0 Å². The minimum absolute atomic E-state index is 0.0891. The molecule has 0 amide bonds. The van der Waals surface area contributed by atoms with Crippen molar-refractivity contribution in [2.24, 2.45) is 0 Å². The summed E-state index contributed by atoms with van der Waals surface area (Å²) in [6.45, 7) is 1.84. The van der Waals surface area contributed by atoms with Crippen LogP contribution >= 0.6 is 0 Å². The predicted octanol–water partition coefficient (Wildman–Crippen LogP) is -1.30. The molecule has 1 heterocycles. The monoisotopic (exact) mass is 98.1 g/mol. The lowest BCUT2D eigenvalue weighted by Crippen LogP contribution is -2.32. The Hall–Kier alpha value is 0.0748. The third-order valence-corrected chi connectivity index (χ3v) is 0.772. The topological polar surface area (TPSA) is 27.7 Å². The van der Waals surface area contributed by atoms with E-state index in [2.05, 4.69) is 0 Å². The van der Waals surface area contributed by atoms with Crippen molar-refractivity contribution in [3.05, 3.63) is 0 Å². The van der Waals surface area contributed by atoms with Gasteiger partial charge in [0.05, 0.1) is 0 Å². The fourth-order valence-corrected chi connectivity index (χ4v) is 0.370. The van der Waals surface area contributed by atoms with E-state index < -0.39 is 0 Å². The zero-order chi connectivity index (χ0) is 5.11. The molecule has 0 unspecified atom stereocenters. The van der Waals surface area contributed by atoms with Crippen LogP contribution in [0.5, 0.6) is 0 Å². The number of hydrogen-bond donors (Lipinski definition) is 0. The summed E-state index contributed by atoms with van der Waals surface area (Å²) in [6, 6.07) is 0. The minimum Gasteiger partial charge on any atom is -0.458 e. The highest BCUT2D eigenvalue weighted by Gasteiger charge is 2.15. The van der Waals surface area contributed by atoms with Crippen LogP contribution in [-0.2, 0) is 13.7 Å². The fraction of sp³-hybridized carbons (Fsp3) is 1.00. The molecule has 0 atom stereocenters. The normalized spacial score (nSPS) is 20.4. The van der Waals surface area contributed by atoms with Crippen molar-refractivity contribution in [2.45, 2.75) is 6.82 Å². The molecule has 6 heteroatoms. The average Bonchev–Trinajstić information content (AvgIpc) is 1.69. The lowest BCUT2D eigenvalue weighted by molar-refractivity contribution is 0.328. The zero-order valence-electron chi connectivity index (χ0n) is 4.22. The molecule has 7 heavy (non-hydrogen) atoms. The van der Waals surface area contributed by atoms with Crippen LogP contribution in [0.15, 0.2) is 0 Å². The highest BCUT2D eigenvalue weighted by atomic mass is 16.7. The molecular formula is CH5B3O3. The molecule has 0 saturated carbocycles. The van der Waals surface area contributed by atoms with Gasteiger partial charge in [0, 0.05) is 0 Å². The van der Waals surface area contributed by atoms with Gasteiger partial charge in [-0.1, -0.05) is 0 Å². The summed E-state index contributed by atoms with van der Waals surface area (Å²) in [7, 11) is 0.635. The van der Waals surface area contributed by atoms with E-state index >= 15 is 0 Å². The molecule has 1 rings (SSSR count). The Labute approximate surface area is 44.1 Å². The second kappa shape index (κ2) is 2.40. The highest BCUT2D eigenvalue weighted by Crippen LogP contribution is 1.91. The van der Waals surface area contributed by atoms with Crippen LogP contribution in [0.3, 0.4) is 0 Å². The standard InChI is InChI=1S/CH5B3O3/c1-4-6-2-5-3-7-4/h2-3H,1H3. The van der Waals surface area contributed by atoms with Gasteiger partial charge in [0.2, 0.25) is 0 Å². The Bertz CT molecular complexity index is 52.1. The molecule has 0 N–H and O–H groups in total. The van der Waals surface area contributed by atoms with Crippen LogP contribution in [0.1, 0.15) is 0 Å². The van der Waals surface area contributed by atoms with Crippen LogP contribution < -0.4 is 0 Å². The lowest BCUT2D eigenvalue weighted by Gasteiger charge is -2.14. The van der Waals surface area contributed by atoms with E-state index in [1.54, 1.807) is 0 Å². The SMILES string of the molecule is CB1OBOBO1. The molecular weight excluding hydrogens is 92.4 g/mol. The third kappa shape index (κ3) is 1.55. The number of hydrogen-bond acceptors (Lipinski definition) is 3. The molecule has 1 aliphatic heterocycles. The molecule has 1 fully saturated rings. The molecule has 0 aliphatic carbocycles. The maximum atomic E-state index is 4.83. The molecule has 0 aromatic heterocycles. The van der Waals surface area contributed by atoms with Gasteiger partial charge in [-0.2, -0.15) is 0 Å². The molecule has 1 saturated heterocycles. The number of rotatable bonds is 0. The second-order valence-corrected chi connectivity index (χ2v) is 1.34. The van der Waals surface area contributed by atoms with E-state index in [-0.39, 0.29) is 7.12 Å². The molecule has 0 aromatic rings. The van der Waals surface area contributed by atoms with E-state index in [4.69, 9.17) is 13.7 Å². The fourth-order valence-electron chi connectivity index (χ4n) is 0.370. The summed E-state index contributed by atoms with van der Waals surface area (Å²) >= 11 is 0. The first-order valence-corrected chi connectivity index (χ1v) is 2.20. The van der Waals surface area contributed by atoms with Gasteiger partial charge in [-0.25, -0.2) is 0 Å². The van der Waals surface area contributed by atoms with Gasteiger partial charge in [0.25, 0.3) is 0 Å². The van der Waals surface area contributed by atoms with Crippen LogP contribution in [0.25, 0.3) is 0 Å². The summed E-state index contributed by atoms with van der Waals surface area (Å²) < 4.78 is 14.4. The molecule has 0 aromatic carbocycles. The van der Waals surface area contributed by atoms with Crippen LogP contribution in [0, 0.1) is 0 Å². The molecule has 3 nitrogen and oxygen atoms in total. The van der Waals surface area contributed by atoms with Gasteiger partial charge in [-0.05, 0) is 6.82 Å². The van der Waals surface area contributed by atoms with Crippen molar-refractivity contribution in [2.75, 3.05) is 0 Å². The molecule has 1 aliphatic rings. The van der Waals surface area contributed by atoms with E-state index in [0.717, 1.165) is 0 Å². The Balaban J connectivity index is 2.12. The molecule has 36 valence electrons. The maximum absolute atomic E-state index is 4.83. The van der Waals surface area contributed by atoms with E-state index in [9.17, 15) is 0 Å². The van der Waals surface area contributed by atoms with Crippen molar-refractivity contribution in [1.82, 2.24) is 0 Å². The van der Waals surface area contributed by atoms with Crippen molar-refractivity contribution in [3.8, 4) is 0 Å². The van der Waals surface area contributed by atoms with Gasteiger partial charge in [-0.15, -0.1) is 0 Å². The highest BCUT2D eigenvalue weighted by molar-refractivity contribution is 6.60. The van der Waals surface area contributed by atoms with Gasteiger partial charge in [-0.3, -0.25) is 0 Å². The Kier molecular flexibility index (Phi) is 1.79. The maximum Gasteiger partial charge on any atom is 0.425 e. The van der Waals surface area contributed by atoms with Crippen molar-refractivity contribution in [1.29, 1.82) is 0 Å². The van der Waals surface area contributed by atoms with Crippen molar-refractivity contribution >= 4 is 22.5 Å². The van der Waals surface area contributed by atoms with Crippen LogP contribution in [0.2, 0.25) is 6.82 Å². The van der Waals surface area contributed by atoms with Gasteiger partial charge >= 0.3 is 22.5 Å². The quantitative estimate of drug-likeness (QED) is 0.352. The average molecular weight is 97.5 g/mol. The summed E-state index contributed by atoms with van der Waals surface area (Å²) in [5, 5.41) is 0. The van der Waals surface area contributed by atoms with Crippen LogP contribution in [0.4, 0.5) is 0 Å². The summed E-state index contributed by atoms with van der Waals surface area (Å²) in [5.41, 5.74) is 0. The first kappa shape index (κ1) is 5.22. The first-order valence-electron chi connectivity index (χ1n) is 2.20. The van der Waals surface area contributed by atoms with E-state index in [1.165, 1.54) is 0 Å². The summed E-state index contributed by atoms with van der Waals surface area (Å²) in [4.78, 5) is 0. The summed E-state index contributed by atoms with van der Waals surface area (Å²) in [6.07, 6.45) is 0. The minimum atomic E-state index is -0.0891. The smallest absolute Gasteiger partial charge is 0.425 e. The Morgan fingerprint density at radius 1 is 1.29 bits per heavy atom.